The molecule has 0 aliphatic carbocycles. The number of rotatable bonds is 0. The van der Waals surface area contributed by atoms with Crippen LogP contribution in [-0.4, -0.2) is 0 Å². The van der Waals surface area contributed by atoms with Crippen LogP contribution in [0.4, 0.5) is 0 Å². The molecule has 0 atom stereocenters. The first-order chi connectivity index (χ1) is 1.00. The van der Waals surface area contributed by atoms with Gasteiger partial charge in [0.05, 0.1) is 0 Å². The maximum absolute atomic E-state index is 3.89. The number of hydrogen-bond donors (Lipinski definition) is 0. The predicted octanol–water partition coefficient (Wildman–Crippen LogP) is 0.641. The van der Waals surface area contributed by atoms with Crippen molar-refractivity contribution in [3.8, 4) is 0 Å². The van der Waals surface area contributed by atoms with Crippen molar-refractivity contribution in [1.29, 1.82) is 0 Å². The van der Waals surface area contributed by atoms with Crippen LogP contribution in [0.25, 0.3) is 0 Å². The van der Waals surface area contributed by atoms with E-state index >= 15 is 0 Å². The maximum Gasteiger partial charge on any atom is 2.00 e. The third-order valence-corrected chi connectivity index (χ3v) is 0. The van der Waals surface area contributed by atoms with E-state index in [1.807, 2.05) is 0 Å². The van der Waals surface area contributed by atoms with Crippen molar-refractivity contribution in [2.24, 2.45) is 0 Å². The second kappa shape index (κ2) is 20.4. The van der Waals surface area contributed by atoms with Crippen molar-refractivity contribution in [1.82, 2.24) is 0 Å². The Labute approximate surface area is 61.2 Å². The van der Waals surface area contributed by atoms with Crippen molar-refractivity contribution in [3.05, 3.63) is 0 Å². The molecule has 25 valence electrons. The molecule has 0 unspecified atom stereocenters. The van der Waals surface area contributed by atoms with E-state index in [4.69, 9.17) is 0 Å². The summed E-state index contributed by atoms with van der Waals surface area (Å²) in [5.41, 5.74) is 0. The van der Waals surface area contributed by atoms with Gasteiger partial charge in [0, 0.05) is 0 Å². The average Bonchev–Trinajstić information content (AvgIpc) is 1.00. The predicted molar refractivity (Wildman–Crippen MR) is 15.0 cm³/mol. The van der Waals surface area contributed by atoms with Gasteiger partial charge < -0.3 is 13.5 Å². The molecule has 0 amide bonds. The fourth-order valence-electron chi connectivity index (χ4n) is 0. The summed E-state index contributed by atoms with van der Waals surface area (Å²) in [6.07, 6.45) is 0. The molecule has 0 nitrogen and oxygen atoms in total. The molecule has 0 rings (SSSR count). The molecule has 4 heavy (non-hydrogen) atoms. The molecule has 4 heteroatoms. The molecule has 0 aliphatic rings. The van der Waals surface area contributed by atoms with Gasteiger partial charge in [-0.05, 0) is 0 Å². The third kappa shape index (κ3) is 9.05. The number of hydrogen-bond acceptors (Lipinski definition) is 1. The fraction of sp³-hybridized carbons (Fsp3) is 0. The second-order valence-electron chi connectivity index (χ2n) is 0. The van der Waals surface area contributed by atoms with Crippen molar-refractivity contribution in [2.45, 2.75) is 0 Å². The van der Waals surface area contributed by atoms with Gasteiger partial charge in [0.15, 0.2) is 0 Å². The minimum Gasteiger partial charge on any atom is 2.00 e. The molecule has 0 fully saturated rings. The minimum absolute atomic E-state index is 0. The van der Waals surface area contributed by atoms with Crippen molar-refractivity contribution in [3.63, 3.8) is 0 Å². The van der Waals surface area contributed by atoms with Crippen LogP contribution in [-0.2, 0) is 52.2 Å². The molecule has 0 radical (unpaired) electrons. The third-order valence-electron chi connectivity index (χ3n) is 0. The van der Waals surface area contributed by atoms with Gasteiger partial charge in [0.1, 0.15) is 0 Å². The van der Waals surface area contributed by atoms with Gasteiger partial charge in [-0.1, -0.05) is 0 Å². The molecule has 0 saturated carbocycles. The van der Waals surface area contributed by atoms with Crippen molar-refractivity contribution in [2.75, 3.05) is 0 Å². The molecular formula is AgS2Zn. The van der Waals surface area contributed by atoms with Crippen LogP contribution in [0.2, 0.25) is 0 Å². The molecule has 0 aliphatic heterocycles. The van der Waals surface area contributed by atoms with Crippen molar-refractivity contribution >= 4 is 23.1 Å². The van der Waals surface area contributed by atoms with Gasteiger partial charge in [-0.2, -0.15) is 0 Å². The largest absolute Gasteiger partial charge is 2.00 e. The van der Waals surface area contributed by atoms with E-state index in [0.717, 1.165) is 0 Å². The van der Waals surface area contributed by atoms with E-state index in [2.05, 4.69) is 28.8 Å². The summed E-state index contributed by atoms with van der Waals surface area (Å²) in [5.74, 6) is 0. The monoisotopic (exact) mass is 235 g/mol. The zero-order chi connectivity index (χ0) is 2.00. The minimum atomic E-state index is 0. The van der Waals surface area contributed by atoms with E-state index in [1.165, 1.54) is 0 Å². The SMILES string of the molecule is [S-2].[S]=[Ag].[Zn+2]. The van der Waals surface area contributed by atoms with E-state index in [1.54, 1.807) is 0 Å². The van der Waals surface area contributed by atoms with Gasteiger partial charge in [-0.25, -0.2) is 0 Å². The van der Waals surface area contributed by atoms with E-state index < -0.39 is 0 Å². The Morgan fingerprint density at radius 2 is 1.25 bits per heavy atom. The Bertz CT molecular complexity index is 6.00. The molecule has 0 aromatic heterocycles. The average molecular weight is 237 g/mol. The summed E-state index contributed by atoms with van der Waals surface area (Å²) < 4.78 is 0. The standard InChI is InChI=1S/Ag.2S.Zn/q;;-2;+2. The van der Waals surface area contributed by atoms with Gasteiger partial charge >= 0.3 is 48.2 Å². The van der Waals surface area contributed by atoms with Crippen molar-refractivity contribution < 1.29 is 38.7 Å². The summed E-state index contributed by atoms with van der Waals surface area (Å²) in [5, 5.41) is 0. The Hall–Kier alpha value is 1.93. The van der Waals surface area contributed by atoms with Gasteiger partial charge in [0.25, 0.3) is 0 Å². The zero-order valence-electron chi connectivity index (χ0n) is 1.83. The Morgan fingerprint density at radius 3 is 1.25 bits per heavy atom. The van der Waals surface area contributed by atoms with E-state index in [9.17, 15) is 0 Å². The van der Waals surface area contributed by atoms with Crippen LogP contribution in [0.15, 0.2) is 0 Å². The zero-order valence-corrected chi connectivity index (χ0v) is 7.91. The van der Waals surface area contributed by atoms with E-state index in [0.29, 0.717) is 0 Å². The molecule has 0 N–H and O–H groups in total. The molecule has 0 heterocycles. The summed E-state index contributed by atoms with van der Waals surface area (Å²) >= 11 is 2.53. The Balaban J connectivity index is -0.00000000500. The molecule has 0 spiro atoms. The normalized spacial score (nSPS) is 1.50. The molecule has 0 bridgehead atoms. The summed E-state index contributed by atoms with van der Waals surface area (Å²) in [6, 6.07) is 0. The summed E-state index contributed by atoms with van der Waals surface area (Å²) in [4.78, 5) is 0. The Kier molecular flexibility index (Phi) is 85.7. The van der Waals surface area contributed by atoms with Crippen LogP contribution in [0.5, 0.6) is 0 Å². The van der Waals surface area contributed by atoms with Gasteiger partial charge in [0.2, 0.25) is 0 Å². The molecule has 0 aromatic rings. The first-order valence-corrected chi connectivity index (χ1v) is 2.18. The fourth-order valence-corrected chi connectivity index (χ4v) is 0. The first-order valence-electron chi connectivity index (χ1n) is 0.123. The topological polar surface area (TPSA) is 0 Å². The summed E-state index contributed by atoms with van der Waals surface area (Å²) in [7, 11) is 3.89. The maximum atomic E-state index is 3.89. The van der Waals surface area contributed by atoms with E-state index in [-0.39, 0.29) is 33.0 Å². The van der Waals surface area contributed by atoms with Crippen LogP contribution in [0.1, 0.15) is 0 Å². The molecule has 0 aromatic carbocycles. The van der Waals surface area contributed by atoms with Crippen LogP contribution >= 0.6 is 9.58 Å². The quantitative estimate of drug-likeness (QED) is 0.557. The smallest absolute Gasteiger partial charge is 2.00 e. The molecule has 0 saturated heterocycles. The van der Waals surface area contributed by atoms with Gasteiger partial charge in [-0.15, -0.1) is 0 Å². The van der Waals surface area contributed by atoms with Crippen LogP contribution in [0.3, 0.4) is 0 Å². The molecular weight excluding hydrogens is 237 g/mol. The first kappa shape index (κ1) is 16.8. The summed E-state index contributed by atoms with van der Waals surface area (Å²) in [6.45, 7) is 0. The van der Waals surface area contributed by atoms with Crippen LogP contribution < -0.4 is 0 Å². The second-order valence-corrected chi connectivity index (χ2v) is 0. The van der Waals surface area contributed by atoms with Gasteiger partial charge in [-0.3, -0.25) is 0 Å². The Morgan fingerprint density at radius 1 is 1.25 bits per heavy atom. The van der Waals surface area contributed by atoms with Crippen LogP contribution in [0, 0.1) is 0 Å².